The molecule has 1 atom stereocenters. The first kappa shape index (κ1) is 15.9. The van der Waals surface area contributed by atoms with Crippen LogP contribution in [-0.2, 0) is 10.0 Å². The summed E-state index contributed by atoms with van der Waals surface area (Å²) in [6, 6.07) is 3.01. The van der Waals surface area contributed by atoms with Crippen LogP contribution in [0.1, 0.15) is 34.1 Å². The minimum Gasteiger partial charge on any atom is -0.370 e. The molecule has 19 heavy (non-hydrogen) atoms. The van der Waals surface area contributed by atoms with Crippen molar-refractivity contribution in [3.8, 4) is 0 Å². The first-order valence-corrected chi connectivity index (χ1v) is 8.11. The zero-order valence-electron chi connectivity index (χ0n) is 12.0. The second kappa shape index (κ2) is 6.86. The molecule has 0 bridgehead atoms. The van der Waals surface area contributed by atoms with Gasteiger partial charge in [0.05, 0.1) is 4.90 Å². The Morgan fingerprint density at radius 2 is 2.00 bits per heavy atom. The monoisotopic (exact) mass is 285 g/mol. The van der Waals surface area contributed by atoms with Gasteiger partial charge in [0.25, 0.3) is 0 Å². The van der Waals surface area contributed by atoms with Crippen molar-refractivity contribution in [2.45, 2.75) is 45.1 Å². The average Bonchev–Trinajstić information content (AvgIpc) is 2.36. The van der Waals surface area contributed by atoms with Gasteiger partial charge in [0.2, 0.25) is 10.0 Å². The topological polar surface area (TPSA) is 71.1 Å². The lowest BCUT2D eigenvalue weighted by Gasteiger charge is -2.20. The zero-order valence-corrected chi connectivity index (χ0v) is 12.8. The number of anilines is 1. The van der Waals surface area contributed by atoms with Crippen LogP contribution in [-0.4, -0.2) is 26.0 Å². The predicted molar refractivity (Wildman–Crippen MR) is 77.6 cm³/mol. The maximum absolute atomic E-state index is 12.3. The summed E-state index contributed by atoms with van der Waals surface area (Å²) in [7, 11) is -3.49. The van der Waals surface area contributed by atoms with E-state index in [0.29, 0.717) is 12.4 Å². The second-order valence-corrected chi connectivity index (χ2v) is 6.50. The van der Waals surface area contributed by atoms with E-state index in [1.807, 2.05) is 27.7 Å². The third-order valence-corrected chi connectivity index (χ3v) is 4.44. The van der Waals surface area contributed by atoms with Gasteiger partial charge in [-0.1, -0.05) is 20.8 Å². The quantitative estimate of drug-likeness (QED) is 0.806. The summed E-state index contributed by atoms with van der Waals surface area (Å²) in [6.45, 7) is 8.63. The van der Waals surface area contributed by atoms with E-state index in [-0.39, 0.29) is 16.9 Å². The van der Waals surface area contributed by atoms with Crippen molar-refractivity contribution < 1.29 is 8.42 Å². The lowest BCUT2D eigenvalue weighted by molar-refractivity contribution is 0.437. The highest BCUT2D eigenvalue weighted by atomic mass is 32.2. The van der Waals surface area contributed by atoms with Crippen LogP contribution in [0.4, 0.5) is 5.82 Å². The highest BCUT2D eigenvalue weighted by molar-refractivity contribution is 7.89. The van der Waals surface area contributed by atoms with Gasteiger partial charge in [0.15, 0.2) is 0 Å². The maximum Gasteiger partial charge on any atom is 0.241 e. The first-order valence-electron chi connectivity index (χ1n) is 6.63. The molecule has 1 rings (SSSR count). The molecule has 0 aromatic carbocycles. The van der Waals surface area contributed by atoms with Gasteiger partial charge in [-0.2, -0.15) is 0 Å². The van der Waals surface area contributed by atoms with Crippen LogP contribution in [0.2, 0.25) is 0 Å². The SMILES string of the molecule is CCNc1cc(S(=O)(=O)NC(CC)C(C)C)ccn1. The van der Waals surface area contributed by atoms with Crippen molar-refractivity contribution >= 4 is 15.8 Å². The molecule has 6 heteroatoms. The zero-order chi connectivity index (χ0) is 14.5. The fourth-order valence-corrected chi connectivity index (χ4v) is 3.29. The molecule has 1 aromatic heterocycles. The Balaban J connectivity index is 2.96. The van der Waals surface area contributed by atoms with Crippen LogP contribution in [0.5, 0.6) is 0 Å². The number of nitrogens with zero attached hydrogens (tertiary/aromatic N) is 1. The molecular formula is C13H23N3O2S. The van der Waals surface area contributed by atoms with E-state index in [2.05, 4.69) is 15.0 Å². The lowest BCUT2D eigenvalue weighted by atomic mass is 10.0. The molecule has 0 radical (unpaired) electrons. The summed E-state index contributed by atoms with van der Waals surface area (Å²) < 4.78 is 27.3. The number of hydrogen-bond donors (Lipinski definition) is 2. The van der Waals surface area contributed by atoms with Crippen molar-refractivity contribution in [1.29, 1.82) is 0 Å². The molecule has 0 fully saturated rings. The van der Waals surface area contributed by atoms with Crippen LogP contribution in [0.15, 0.2) is 23.2 Å². The summed E-state index contributed by atoms with van der Waals surface area (Å²) in [5.41, 5.74) is 0. The minimum absolute atomic E-state index is 0.0549. The molecule has 0 aliphatic heterocycles. The van der Waals surface area contributed by atoms with Gasteiger partial charge in [-0.3, -0.25) is 0 Å². The van der Waals surface area contributed by atoms with Gasteiger partial charge in [0.1, 0.15) is 5.82 Å². The van der Waals surface area contributed by atoms with Crippen molar-refractivity contribution in [1.82, 2.24) is 9.71 Å². The standard InChI is InChI=1S/C13H23N3O2S/c1-5-12(10(3)4)16-19(17,18)11-7-8-15-13(9-11)14-6-2/h7-10,12,16H,5-6H2,1-4H3,(H,14,15). The molecule has 1 heterocycles. The third-order valence-electron chi connectivity index (χ3n) is 2.95. The molecule has 5 nitrogen and oxygen atoms in total. The fraction of sp³-hybridized carbons (Fsp3) is 0.615. The Labute approximate surface area is 115 Å². The summed E-state index contributed by atoms with van der Waals surface area (Å²) in [5.74, 6) is 0.831. The van der Waals surface area contributed by atoms with Crippen molar-refractivity contribution in [3.05, 3.63) is 18.3 Å². The summed E-state index contributed by atoms with van der Waals surface area (Å²) >= 11 is 0. The fourth-order valence-electron chi connectivity index (χ4n) is 1.81. The second-order valence-electron chi connectivity index (χ2n) is 4.79. The van der Waals surface area contributed by atoms with E-state index in [1.54, 1.807) is 6.07 Å². The average molecular weight is 285 g/mol. The molecular weight excluding hydrogens is 262 g/mol. The molecule has 0 saturated heterocycles. The van der Waals surface area contributed by atoms with Crippen molar-refractivity contribution in [3.63, 3.8) is 0 Å². The smallest absolute Gasteiger partial charge is 0.241 e. The van der Waals surface area contributed by atoms with Gasteiger partial charge in [-0.15, -0.1) is 0 Å². The summed E-state index contributed by atoms with van der Waals surface area (Å²) in [6.07, 6.45) is 2.27. The number of hydrogen-bond acceptors (Lipinski definition) is 4. The van der Waals surface area contributed by atoms with Gasteiger partial charge < -0.3 is 5.32 Å². The molecule has 0 amide bonds. The van der Waals surface area contributed by atoms with Crippen LogP contribution in [0, 0.1) is 5.92 Å². The molecule has 1 unspecified atom stereocenters. The molecule has 1 aromatic rings. The molecule has 0 aliphatic rings. The van der Waals surface area contributed by atoms with E-state index < -0.39 is 10.0 Å². The van der Waals surface area contributed by atoms with Crippen LogP contribution in [0.25, 0.3) is 0 Å². The van der Waals surface area contributed by atoms with Crippen LogP contribution < -0.4 is 10.0 Å². The van der Waals surface area contributed by atoms with Crippen molar-refractivity contribution in [2.75, 3.05) is 11.9 Å². The van der Waals surface area contributed by atoms with E-state index in [0.717, 1.165) is 6.42 Å². The Morgan fingerprint density at radius 1 is 1.32 bits per heavy atom. The van der Waals surface area contributed by atoms with Gasteiger partial charge in [-0.05, 0) is 25.3 Å². The number of rotatable bonds is 7. The normalized spacial score (nSPS) is 13.5. The van der Waals surface area contributed by atoms with E-state index >= 15 is 0 Å². The maximum atomic E-state index is 12.3. The molecule has 2 N–H and O–H groups in total. The Bertz CT molecular complexity index is 500. The van der Waals surface area contributed by atoms with Gasteiger partial charge in [0, 0.05) is 24.8 Å². The van der Waals surface area contributed by atoms with Crippen LogP contribution >= 0.6 is 0 Å². The third kappa shape index (κ3) is 4.47. The van der Waals surface area contributed by atoms with Gasteiger partial charge in [-0.25, -0.2) is 18.1 Å². The first-order chi connectivity index (χ1) is 8.90. The number of aromatic nitrogens is 1. The lowest BCUT2D eigenvalue weighted by Crippen LogP contribution is -2.38. The Kier molecular flexibility index (Phi) is 5.75. The molecule has 0 aliphatic carbocycles. The van der Waals surface area contributed by atoms with E-state index in [4.69, 9.17) is 0 Å². The highest BCUT2D eigenvalue weighted by Crippen LogP contribution is 2.15. The predicted octanol–water partition coefficient (Wildman–Crippen LogP) is 2.23. The highest BCUT2D eigenvalue weighted by Gasteiger charge is 2.21. The van der Waals surface area contributed by atoms with Gasteiger partial charge >= 0.3 is 0 Å². The summed E-state index contributed by atoms with van der Waals surface area (Å²) in [4.78, 5) is 4.32. The molecule has 0 saturated carbocycles. The largest absolute Gasteiger partial charge is 0.370 e. The van der Waals surface area contributed by atoms with Crippen molar-refractivity contribution in [2.24, 2.45) is 5.92 Å². The van der Waals surface area contributed by atoms with Crippen LogP contribution in [0.3, 0.4) is 0 Å². The van der Waals surface area contributed by atoms with E-state index in [9.17, 15) is 8.42 Å². The summed E-state index contributed by atoms with van der Waals surface area (Å²) in [5, 5.41) is 3.01. The molecule has 0 spiro atoms. The Morgan fingerprint density at radius 3 is 2.53 bits per heavy atom. The number of pyridine rings is 1. The minimum atomic E-state index is -3.49. The van der Waals surface area contributed by atoms with E-state index in [1.165, 1.54) is 12.3 Å². The number of nitrogens with one attached hydrogen (secondary N) is 2. The number of sulfonamides is 1. The Hall–Kier alpha value is -1.14. The molecule has 108 valence electrons.